The number of piperidine rings is 1. The average molecular weight is 266 g/mol. The summed E-state index contributed by atoms with van der Waals surface area (Å²) in [6.07, 6.45) is 7.14. The number of hydrogen-bond donors (Lipinski definition) is 0. The second-order valence-corrected chi connectivity index (χ2v) is 5.22. The maximum Gasteiger partial charge on any atom is 0.164 e. The van der Waals surface area contributed by atoms with Crippen molar-refractivity contribution in [3.63, 3.8) is 0 Å². The molecule has 0 radical (unpaired) electrons. The molecular formula is C12H16ClN5. The van der Waals surface area contributed by atoms with E-state index in [0.717, 1.165) is 12.2 Å². The van der Waals surface area contributed by atoms with E-state index in [0.29, 0.717) is 16.7 Å². The van der Waals surface area contributed by atoms with E-state index in [1.54, 1.807) is 0 Å². The fourth-order valence-electron chi connectivity index (χ4n) is 2.59. The zero-order chi connectivity index (χ0) is 12.5. The van der Waals surface area contributed by atoms with Crippen LogP contribution in [-0.4, -0.2) is 44.1 Å². The number of imidazole rings is 1. The number of fused-ring (bicyclic) bond motifs is 1. The first kappa shape index (κ1) is 11.9. The van der Waals surface area contributed by atoms with Crippen LogP contribution in [0.1, 0.15) is 19.3 Å². The number of hydrogen-bond acceptors (Lipinski definition) is 4. The van der Waals surface area contributed by atoms with E-state index < -0.39 is 0 Å². The van der Waals surface area contributed by atoms with Gasteiger partial charge in [0.05, 0.1) is 6.33 Å². The zero-order valence-corrected chi connectivity index (χ0v) is 11.1. The molecule has 0 aromatic carbocycles. The van der Waals surface area contributed by atoms with Crippen molar-refractivity contribution in [3.05, 3.63) is 17.8 Å². The molecule has 3 heterocycles. The first-order valence-corrected chi connectivity index (χ1v) is 6.65. The van der Waals surface area contributed by atoms with Crippen molar-refractivity contribution >= 4 is 22.8 Å². The minimum Gasteiger partial charge on any atom is -0.314 e. The van der Waals surface area contributed by atoms with Crippen molar-refractivity contribution in [2.75, 3.05) is 13.6 Å². The second-order valence-electron chi connectivity index (χ2n) is 4.86. The highest BCUT2D eigenvalue weighted by Gasteiger charge is 2.20. The van der Waals surface area contributed by atoms with Crippen LogP contribution >= 0.6 is 11.6 Å². The van der Waals surface area contributed by atoms with Gasteiger partial charge in [0.1, 0.15) is 11.8 Å². The third-order valence-electron chi connectivity index (χ3n) is 3.69. The normalized spacial score (nSPS) is 21.6. The smallest absolute Gasteiger partial charge is 0.164 e. The van der Waals surface area contributed by atoms with Gasteiger partial charge in [0.15, 0.2) is 10.8 Å². The Morgan fingerprint density at radius 3 is 3.06 bits per heavy atom. The lowest BCUT2D eigenvalue weighted by Crippen LogP contribution is -2.39. The molecule has 1 aliphatic heterocycles. The van der Waals surface area contributed by atoms with Crippen LogP contribution in [0.5, 0.6) is 0 Å². The van der Waals surface area contributed by atoms with Gasteiger partial charge < -0.3 is 9.47 Å². The number of aromatic nitrogens is 4. The monoisotopic (exact) mass is 265 g/mol. The van der Waals surface area contributed by atoms with Gasteiger partial charge >= 0.3 is 0 Å². The Hall–Kier alpha value is -1.20. The van der Waals surface area contributed by atoms with Crippen LogP contribution < -0.4 is 0 Å². The van der Waals surface area contributed by atoms with E-state index in [2.05, 4.69) is 31.5 Å². The predicted molar refractivity (Wildman–Crippen MR) is 70.6 cm³/mol. The largest absolute Gasteiger partial charge is 0.314 e. The van der Waals surface area contributed by atoms with Crippen molar-refractivity contribution in [2.24, 2.45) is 0 Å². The fraction of sp³-hybridized carbons (Fsp3) is 0.583. The van der Waals surface area contributed by atoms with E-state index in [1.165, 1.54) is 32.1 Å². The van der Waals surface area contributed by atoms with Crippen molar-refractivity contribution in [2.45, 2.75) is 31.8 Å². The van der Waals surface area contributed by atoms with E-state index in [9.17, 15) is 0 Å². The zero-order valence-electron chi connectivity index (χ0n) is 10.4. The lowest BCUT2D eigenvalue weighted by atomic mass is 10.0. The first-order valence-electron chi connectivity index (χ1n) is 6.27. The SMILES string of the molecule is CN1CCCC[C@@H]1Cn1cnc2c(Cl)ncnc21. The third kappa shape index (κ3) is 2.08. The second kappa shape index (κ2) is 4.82. The van der Waals surface area contributed by atoms with Gasteiger partial charge in [0, 0.05) is 12.6 Å². The summed E-state index contributed by atoms with van der Waals surface area (Å²) in [6, 6.07) is 0.560. The molecule has 1 atom stereocenters. The van der Waals surface area contributed by atoms with Crippen LogP contribution in [0, 0.1) is 0 Å². The third-order valence-corrected chi connectivity index (χ3v) is 3.96. The minimum absolute atomic E-state index is 0.427. The van der Waals surface area contributed by atoms with Gasteiger partial charge in [0.25, 0.3) is 0 Å². The molecule has 5 nitrogen and oxygen atoms in total. The van der Waals surface area contributed by atoms with Crippen molar-refractivity contribution < 1.29 is 0 Å². The number of halogens is 1. The summed E-state index contributed by atoms with van der Waals surface area (Å²) >= 11 is 6.00. The van der Waals surface area contributed by atoms with Crippen LogP contribution in [0.2, 0.25) is 5.15 Å². The Labute approximate surface area is 111 Å². The average Bonchev–Trinajstić information content (AvgIpc) is 2.77. The standard InChI is InChI=1S/C12H16ClN5/c1-17-5-3-2-4-9(17)6-18-8-16-10-11(13)14-7-15-12(10)18/h7-9H,2-6H2,1H3/t9-/m1/s1. The molecule has 0 spiro atoms. The van der Waals surface area contributed by atoms with E-state index >= 15 is 0 Å². The summed E-state index contributed by atoms with van der Waals surface area (Å²) in [4.78, 5) is 14.9. The van der Waals surface area contributed by atoms with E-state index in [1.807, 2.05) is 6.33 Å². The topological polar surface area (TPSA) is 46.8 Å². The van der Waals surface area contributed by atoms with Gasteiger partial charge in [-0.25, -0.2) is 15.0 Å². The summed E-state index contributed by atoms with van der Waals surface area (Å²) in [5.41, 5.74) is 1.52. The Bertz CT molecular complexity index is 552. The van der Waals surface area contributed by atoms with Crippen LogP contribution in [0.15, 0.2) is 12.7 Å². The number of rotatable bonds is 2. The number of likely N-dealkylation sites (tertiary alicyclic amines) is 1. The molecule has 1 aliphatic rings. The van der Waals surface area contributed by atoms with Gasteiger partial charge in [-0.05, 0) is 26.4 Å². The highest BCUT2D eigenvalue weighted by atomic mass is 35.5. The summed E-state index contributed by atoms with van der Waals surface area (Å²) in [5.74, 6) is 0. The summed E-state index contributed by atoms with van der Waals surface area (Å²) in [6.45, 7) is 2.09. The molecule has 1 fully saturated rings. The van der Waals surface area contributed by atoms with Crippen LogP contribution in [-0.2, 0) is 6.54 Å². The molecule has 18 heavy (non-hydrogen) atoms. The molecule has 0 saturated carbocycles. The van der Waals surface area contributed by atoms with E-state index in [4.69, 9.17) is 11.6 Å². The summed E-state index contributed by atoms with van der Waals surface area (Å²) in [5, 5.41) is 0.427. The lowest BCUT2D eigenvalue weighted by molar-refractivity contribution is 0.168. The molecule has 0 bridgehead atoms. The van der Waals surface area contributed by atoms with Crippen molar-refractivity contribution in [1.82, 2.24) is 24.4 Å². The summed E-state index contributed by atoms with van der Waals surface area (Å²) in [7, 11) is 2.19. The molecule has 96 valence electrons. The molecule has 0 amide bonds. The Kier molecular flexibility index (Phi) is 3.18. The van der Waals surface area contributed by atoms with E-state index in [-0.39, 0.29) is 0 Å². The van der Waals surface area contributed by atoms with Gasteiger partial charge in [-0.15, -0.1) is 0 Å². The highest BCUT2D eigenvalue weighted by Crippen LogP contribution is 2.21. The summed E-state index contributed by atoms with van der Waals surface area (Å²) < 4.78 is 2.08. The van der Waals surface area contributed by atoms with Crippen LogP contribution in [0.25, 0.3) is 11.2 Å². The molecule has 2 aromatic rings. The number of nitrogens with zero attached hydrogens (tertiary/aromatic N) is 5. The molecule has 0 N–H and O–H groups in total. The number of likely N-dealkylation sites (N-methyl/N-ethyl adjacent to an activating group) is 1. The minimum atomic E-state index is 0.427. The molecule has 2 aromatic heterocycles. The molecule has 1 saturated heterocycles. The molecular weight excluding hydrogens is 250 g/mol. The predicted octanol–water partition coefficient (Wildman–Crippen LogP) is 1.96. The Morgan fingerprint density at radius 2 is 2.22 bits per heavy atom. The molecule has 6 heteroatoms. The lowest BCUT2D eigenvalue weighted by Gasteiger charge is -2.32. The van der Waals surface area contributed by atoms with Gasteiger partial charge in [-0.1, -0.05) is 18.0 Å². The van der Waals surface area contributed by atoms with Gasteiger partial charge in [-0.3, -0.25) is 0 Å². The van der Waals surface area contributed by atoms with Crippen LogP contribution in [0.3, 0.4) is 0 Å². The highest BCUT2D eigenvalue weighted by molar-refractivity contribution is 6.33. The van der Waals surface area contributed by atoms with Crippen molar-refractivity contribution in [1.29, 1.82) is 0 Å². The Morgan fingerprint density at radius 1 is 1.33 bits per heavy atom. The molecule has 0 aliphatic carbocycles. The van der Waals surface area contributed by atoms with Crippen molar-refractivity contribution in [3.8, 4) is 0 Å². The first-order chi connectivity index (χ1) is 8.75. The molecule has 3 rings (SSSR count). The quantitative estimate of drug-likeness (QED) is 0.779. The van der Waals surface area contributed by atoms with Gasteiger partial charge in [-0.2, -0.15) is 0 Å². The fourth-order valence-corrected chi connectivity index (χ4v) is 2.76. The molecule has 0 unspecified atom stereocenters. The Balaban J connectivity index is 1.88. The maximum absolute atomic E-state index is 6.00. The van der Waals surface area contributed by atoms with Crippen LogP contribution in [0.4, 0.5) is 0 Å². The maximum atomic E-state index is 6.00. The van der Waals surface area contributed by atoms with Gasteiger partial charge in [0.2, 0.25) is 0 Å².